The van der Waals surface area contributed by atoms with Gasteiger partial charge in [0, 0.05) is 0 Å². The first-order valence-electron chi connectivity index (χ1n) is 8.09. The molecule has 23 heavy (non-hydrogen) atoms. The highest BCUT2D eigenvalue weighted by molar-refractivity contribution is 6.40. The van der Waals surface area contributed by atoms with E-state index in [4.69, 9.17) is 4.74 Å². The molecule has 0 spiro atoms. The molecule has 0 heterocycles. The van der Waals surface area contributed by atoms with E-state index in [1.165, 1.54) is 5.56 Å². The molecule has 1 aromatic rings. The maximum atomic E-state index is 12.3. The summed E-state index contributed by atoms with van der Waals surface area (Å²) in [5.74, 6) is -0.326. The quantitative estimate of drug-likeness (QED) is 0.774. The van der Waals surface area contributed by atoms with Gasteiger partial charge in [-0.05, 0) is 32.3 Å². The van der Waals surface area contributed by atoms with Gasteiger partial charge in [-0.25, -0.2) is 4.79 Å². The number of nitrogens with zero attached hydrogens (tertiary/aromatic N) is 1. The lowest BCUT2D eigenvalue weighted by Crippen LogP contribution is -2.33. The lowest BCUT2D eigenvalue weighted by Gasteiger charge is -2.15. The second kappa shape index (κ2) is 9.77. The van der Waals surface area contributed by atoms with Crippen LogP contribution < -0.4 is 5.32 Å². The first-order valence-corrected chi connectivity index (χ1v) is 8.09. The summed E-state index contributed by atoms with van der Waals surface area (Å²) in [5.41, 5.74) is 2.39. The molecule has 0 fully saturated rings. The van der Waals surface area contributed by atoms with Crippen LogP contribution in [0, 0.1) is 6.92 Å². The zero-order valence-electron chi connectivity index (χ0n) is 14.4. The maximum absolute atomic E-state index is 12.3. The van der Waals surface area contributed by atoms with Crippen LogP contribution in [0.1, 0.15) is 57.2 Å². The van der Waals surface area contributed by atoms with Gasteiger partial charge in [0.1, 0.15) is 5.71 Å². The summed E-state index contributed by atoms with van der Waals surface area (Å²) in [6.45, 7) is 8.06. The molecule has 1 aromatic carbocycles. The van der Waals surface area contributed by atoms with Crippen molar-refractivity contribution in [3.8, 4) is 0 Å². The average Bonchev–Trinajstić information content (AvgIpc) is 2.53. The van der Waals surface area contributed by atoms with Crippen LogP contribution in [0.2, 0.25) is 0 Å². The second-order valence-corrected chi connectivity index (χ2v) is 5.53. The summed E-state index contributed by atoms with van der Waals surface area (Å²) in [4.78, 5) is 27.7. The number of ether oxygens (including phenoxy) is 1. The van der Waals surface area contributed by atoms with Gasteiger partial charge in [-0.3, -0.25) is 4.79 Å². The van der Waals surface area contributed by atoms with Crippen LogP contribution >= 0.6 is 0 Å². The highest BCUT2D eigenvalue weighted by atomic mass is 16.5. The van der Waals surface area contributed by atoms with E-state index in [-0.39, 0.29) is 17.7 Å². The number of carbonyl (C=O) groups excluding carboxylic acids is 2. The summed E-state index contributed by atoms with van der Waals surface area (Å²) >= 11 is 0. The molecule has 126 valence electrons. The van der Waals surface area contributed by atoms with Gasteiger partial charge in [-0.15, -0.1) is 0 Å². The van der Waals surface area contributed by atoms with Crippen molar-refractivity contribution in [3.63, 3.8) is 0 Å². The summed E-state index contributed by atoms with van der Waals surface area (Å²) < 4.78 is 4.91. The topological polar surface area (TPSA) is 67.8 Å². The third kappa shape index (κ3) is 6.63. The average molecular weight is 318 g/mol. The number of benzene rings is 1. The molecule has 0 saturated heterocycles. The smallest absolute Gasteiger partial charge is 0.434 e. The van der Waals surface area contributed by atoms with Gasteiger partial charge in [0.05, 0.1) is 12.6 Å². The Hall–Kier alpha value is -2.17. The molecule has 0 aromatic heterocycles. The molecule has 0 saturated carbocycles. The third-order valence-electron chi connectivity index (χ3n) is 3.33. The molecule has 0 aliphatic carbocycles. The fraction of sp³-hybridized carbons (Fsp3) is 0.500. The number of amides is 2. The van der Waals surface area contributed by atoms with Gasteiger partial charge in [-0.1, -0.05) is 50.1 Å². The van der Waals surface area contributed by atoms with Crippen LogP contribution in [-0.4, -0.2) is 24.3 Å². The summed E-state index contributed by atoms with van der Waals surface area (Å²) in [7, 11) is 0. The van der Waals surface area contributed by atoms with Crippen molar-refractivity contribution in [2.45, 2.75) is 53.0 Å². The predicted molar refractivity (Wildman–Crippen MR) is 91.7 cm³/mol. The van der Waals surface area contributed by atoms with E-state index in [0.29, 0.717) is 13.0 Å². The number of carbonyl (C=O) groups is 2. The molecule has 1 N–H and O–H groups in total. The SMILES string of the molecule is CCCOC(=O)N=C(CCC)C(=O)NC(C)c1ccc(C)cc1. The molecule has 0 bridgehead atoms. The van der Waals surface area contributed by atoms with E-state index in [1.807, 2.05) is 52.0 Å². The van der Waals surface area contributed by atoms with Gasteiger partial charge >= 0.3 is 6.09 Å². The van der Waals surface area contributed by atoms with E-state index < -0.39 is 6.09 Å². The summed E-state index contributed by atoms with van der Waals surface area (Å²) in [6.07, 6.45) is 1.19. The summed E-state index contributed by atoms with van der Waals surface area (Å²) in [6, 6.07) is 7.80. The molecule has 0 radical (unpaired) electrons. The highest BCUT2D eigenvalue weighted by Gasteiger charge is 2.16. The molecule has 1 rings (SSSR count). The fourth-order valence-electron chi connectivity index (χ4n) is 2.01. The molecule has 1 atom stereocenters. The number of rotatable bonds is 7. The van der Waals surface area contributed by atoms with E-state index in [2.05, 4.69) is 10.3 Å². The molecule has 1 unspecified atom stereocenters. The van der Waals surface area contributed by atoms with Crippen LogP contribution in [0.25, 0.3) is 0 Å². The Labute approximate surface area is 138 Å². The van der Waals surface area contributed by atoms with Crippen molar-refractivity contribution in [1.82, 2.24) is 5.32 Å². The van der Waals surface area contributed by atoms with Gasteiger partial charge in [0.15, 0.2) is 0 Å². The van der Waals surface area contributed by atoms with E-state index in [9.17, 15) is 9.59 Å². The normalized spacial score (nSPS) is 12.6. The Morgan fingerprint density at radius 2 is 1.83 bits per heavy atom. The van der Waals surface area contributed by atoms with Crippen LogP contribution in [-0.2, 0) is 9.53 Å². The molecule has 0 aliphatic heterocycles. The minimum atomic E-state index is -0.701. The third-order valence-corrected chi connectivity index (χ3v) is 3.33. The Kier molecular flexibility index (Phi) is 8.02. The number of aryl methyl sites for hydroxylation is 1. The minimum Gasteiger partial charge on any atom is -0.448 e. The highest BCUT2D eigenvalue weighted by Crippen LogP contribution is 2.13. The predicted octanol–water partition coefficient (Wildman–Crippen LogP) is 3.96. The molecule has 2 amide bonds. The van der Waals surface area contributed by atoms with Gasteiger partial charge < -0.3 is 10.1 Å². The molecular formula is C18H26N2O3. The number of nitrogens with one attached hydrogen (secondary N) is 1. The minimum absolute atomic E-state index is 0.156. The Bertz CT molecular complexity index is 550. The zero-order chi connectivity index (χ0) is 17.2. The van der Waals surface area contributed by atoms with Gasteiger partial charge in [-0.2, -0.15) is 4.99 Å². The Morgan fingerprint density at radius 3 is 2.39 bits per heavy atom. The Morgan fingerprint density at radius 1 is 1.17 bits per heavy atom. The lowest BCUT2D eigenvalue weighted by molar-refractivity contribution is -0.115. The van der Waals surface area contributed by atoms with E-state index in [0.717, 1.165) is 18.4 Å². The first kappa shape index (κ1) is 18.9. The molecule has 5 heteroatoms. The largest absolute Gasteiger partial charge is 0.448 e. The fourth-order valence-corrected chi connectivity index (χ4v) is 2.01. The molecule has 5 nitrogen and oxygen atoms in total. The second-order valence-electron chi connectivity index (χ2n) is 5.53. The van der Waals surface area contributed by atoms with E-state index >= 15 is 0 Å². The van der Waals surface area contributed by atoms with Crippen molar-refractivity contribution in [1.29, 1.82) is 0 Å². The maximum Gasteiger partial charge on any atom is 0.434 e. The lowest BCUT2D eigenvalue weighted by atomic mass is 10.1. The van der Waals surface area contributed by atoms with Crippen molar-refractivity contribution >= 4 is 17.7 Å². The van der Waals surface area contributed by atoms with Crippen molar-refractivity contribution < 1.29 is 14.3 Å². The summed E-state index contributed by atoms with van der Waals surface area (Å²) in [5, 5.41) is 2.88. The van der Waals surface area contributed by atoms with E-state index in [1.54, 1.807) is 0 Å². The van der Waals surface area contributed by atoms with Crippen molar-refractivity contribution in [2.24, 2.45) is 4.99 Å². The first-order chi connectivity index (χ1) is 11.0. The van der Waals surface area contributed by atoms with Crippen molar-refractivity contribution in [3.05, 3.63) is 35.4 Å². The monoisotopic (exact) mass is 318 g/mol. The number of hydrogen-bond acceptors (Lipinski definition) is 3. The van der Waals surface area contributed by atoms with Crippen LogP contribution in [0.5, 0.6) is 0 Å². The molecule has 0 aliphatic rings. The Balaban J connectivity index is 2.75. The van der Waals surface area contributed by atoms with Crippen molar-refractivity contribution in [2.75, 3.05) is 6.61 Å². The standard InChI is InChI=1S/C18H26N2O3/c1-5-7-16(20-18(22)23-12-6-2)17(21)19-14(4)15-10-8-13(3)9-11-15/h8-11,14H,5-7,12H2,1-4H3,(H,19,21). The molecular weight excluding hydrogens is 292 g/mol. The van der Waals surface area contributed by atoms with Gasteiger partial charge in [0.2, 0.25) is 0 Å². The van der Waals surface area contributed by atoms with Crippen LogP contribution in [0.3, 0.4) is 0 Å². The van der Waals surface area contributed by atoms with Crippen LogP contribution in [0.4, 0.5) is 4.79 Å². The van der Waals surface area contributed by atoms with Crippen LogP contribution in [0.15, 0.2) is 29.3 Å². The zero-order valence-corrected chi connectivity index (χ0v) is 14.4. The van der Waals surface area contributed by atoms with Gasteiger partial charge in [0.25, 0.3) is 5.91 Å². The number of aliphatic imine (C=N–C) groups is 1. The number of hydrogen-bond donors (Lipinski definition) is 1.